The van der Waals surface area contributed by atoms with Crippen molar-refractivity contribution in [2.75, 3.05) is 26.4 Å². The second-order valence-corrected chi connectivity index (χ2v) is 9.55. The van der Waals surface area contributed by atoms with Crippen LogP contribution in [0.1, 0.15) is 68.7 Å². The molecule has 3 heteroatoms. The van der Waals surface area contributed by atoms with Gasteiger partial charge in [0.2, 0.25) is 0 Å². The minimum Gasteiger partial charge on any atom is -0.379 e. The molecule has 0 saturated carbocycles. The molecule has 132 valence electrons. The van der Waals surface area contributed by atoms with Gasteiger partial charge < -0.3 is 9.47 Å². The Bertz CT molecular complexity index is 326. The number of ketones is 1. The zero-order chi connectivity index (χ0) is 17.6. The van der Waals surface area contributed by atoms with E-state index in [1.54, 1.807) is 0 Å². The highest BCUT2D eigenvalue weighted by Crippen LogP contribution is 2.35. The molecule has 0 saturated heterocycles. The Labute approximate surface area is 138 Å². The van der Waals surface area contributed by atoms with E-state index in [4.69, 9.17) is 9.47 Å². The summed E-state index contributed by atoms with van der Waals surface area (Å²) in [5.41, 5.74) is -0.138. The van der Waals surface area contributed by atoms with Crippen molar-refractivity contribution in [2.45, 2.75) is 68.7 Å². The highest BCUT2D eigenvalue weighted by Gasteiger charge is 2.36. The molecule has 0 aromatic rings. The minimum atomic E-state index is -0.298. The van der Waals surface area contributed by atoms with Crippen LogP contribution in [0, 0.1) is 22.2 Å². The quantitative estimate of drug-likeness (QED) is 0.607. The Morgan fingerprint density at radius 3 is 1.73 bits per heavy atom. The van der Waals surface area contributed by atoms with Crippen molar-refractivity contribution in [2.24, 2.45) is 22.2 Å². The van der Waals surface area contributed by atoms with E-state index >= 15 is 0 Å². The van der Waals surface area contributed by atoms with Crippen LogP contribution in [-0.2, 0) is 14.3 Å². The van der Waals surface area contributed by atoms with Crippen molar-refractivity contribution in [3.8, 4) is 0 Å². The Balaban J connectivity index is 4.15. The predicted octanol–water partition coefficient (Wildman–Crippen LogP) is 4.73. The second kappa shape index (κ2) is 8.44. The molecule has 3 nitrogen and oxygen atoms in total. The molecule has 0 bridgehead atoms. The van der Waals surface area contributed by atoms with Gasteiger partial charge in [-0.25, -0.2) is 0 Å². The number of carbonyl (C=O) groups excluding carboxylic acids is 1. The SMILES string of the molecule is CC(C)(C)COCCOCCC(C(=O)C(C)(C)C)C(C)(C)C. The molecule has 0 rings (SSSR count). The van der Waals surface area contributed by atoms with Gasteiger partial charge in [0.05, 0.1) is 19.8 Å². The first-order valence-corrected chi connectivity index (χ1v) is 8.45. The fourth-order valence-corrected chi connectivity index (χ4v) is 2.28. The van der Waals surface area contributed by atoms with Crippen LogP contribution < -0.4 is 0 Å². The number of hydrogen-bond acceptors (Lipinski definition) is 3. The van der Waals surface area contributed by atoms with E-state index < -0.39 is 0 Å². The number of Topliss-reactive ketones (excluding diaryl/α,β-unsaturated/α-hetero) is 1. The maximum absolute atomic E-state index is 12.6. The van der Waals surface area contributed by atoms with Crippen molar-refractivity contribution in [3.63, 3.8) is 0 Å². The van der Waals surface area contributed by atoms with Crippen LogP contribution >= 0.6 is 0 Å². The van der Waals surface area contributed by atoms with E-state index in [2.05, 4.69) is 41.5 Å². The van der Waals surface area contributed by atoms with Gasteiger partial charge in [0.1, 0.15) is 5.78 Å². The summed E-state index contributed by atoms with van der Waals surface area (Å²) in [5, 5.41) is 0. The number of hydrogen-bond donors (Lipinski definition) is 0. The second-order valence-electron chi connectivity index (χ2n) is 9.55. The summed E-state index contributed by atoms with van der Waals surface area (Å²) in [6.45, 7) is 21.4. The highest BCUT2D eigenvalue weighted by molar-refractivity contribution is 5.86. The van der Waals surface area contributed by atoms with E-state index in [9.17, 15) is 4.79 Å². The molecular weight excluding hydrogens is 276 g/mol. The fourth-order valence-electron chi connectivity index (χ4n) is 2.28. The molecule has 1 unspecified atom stereocenters. The molecule has 22 heavy (non-hydrogen) atoms. The van der Waals surface area contributed by atoms with Crippen LogP contribution in [-0.4, -0.2) is 32.2 Å². The summed E-state index contributed by atoms with van der Waals surface area (Å²) >= 11 is 0. The predicted molar refractivity (Wildman–Crippen MR) is 93.1 cm³/mol. The van der Waals surface area contributed by atoms with Crippen molar-refractivity contribution < 1.29 is 14.3 Å². The lowest BCUT2D eigenvalue weighted by Gasteiger charge is -2.34. The van der Waals surface area contributed by atoms with Crippen LogP contribution in [0.15, 0.2) is 0 Å². The molecule has 0 N–H and O–H groups in total. The third kappa shape index (κ3) is 9.58. The molecule has 0 heterocycles. The molecule has 0 spiro atoms. The monoisotopic (exact) mass is 314 g/mol. The normalized spacial score (nSPS) is 15.0. The Hall–Kier alpha value is -0.410. The number of ether oxygens (including phenoxy) is 2. The van der Waals surface area contributed by atoms with Crippen LogP contribution in [0.4, 0.5) is 0 Å². The average Bonchev–Trinajstić information content (AvgIpc) is 2.27. The smallest absolute Gasteiger partial charge is 0.141 e. The summed E-state index contributed by atoms with van der Waals surface area (Å²) in [6, 6.07) is 0. The first-order chi connectivity index (χ1) is 9.75. The topological polar surface area (TPSA) is 35.5 Å². The highest BCUT2D eigenvalue weighted by atomic mass is 16.5. The summed E-state index contributed by atoms with van der Waals surface area (Å²) in [7, 11) is 0. The third-order valence-electron chi connectivity index (χ3n) is 3.56. The van der Waals surface area contributed by atoms with Crippen LogP contribution in [0.3, 0.4) is 0 Å². The van der Waals surface area contributed by atoms with E-state index in [-0.39, 0.29) is 22.2 Å². The zero-order valence-electron chi connectivity index (χ0n) is 16.3. The van der Waals surface area contributed by atoms with Crippen molar-refractivity contribution in [1.29, 1.82) is 0 Å². The molecule has 0 radical (unpaired) electrons. The fraction of sp³-hybridized carbons (Fsp3) is 0.947. The summed E-state index contributed by atoms with van der Waals surface area (Å²) in [6.07, 6.45) is 0.777. The van der Waals surface area contributed by atoms with E-state index in [1.807, 2.05) is 20.8 Å². The molecule has 0 aliphatic carbocycles. The largest absolute Gasteiger partial charge is 0.379 e. The average molecular weight is 315 g/mol. The lowest BCUT2D eigenvalue weighted by Crippen LogP contribution is -2.37. The van der Waals surface area contributed by atoms with E-state index in [0.717, 1.165) is 13.0 Å². The summed E-state index contributed by atoms with van der Waals surface area (Å²) in [5.74, 6) is 0.357. The summed E-state index contributed by atoms with van der Waals surface area (Å²) in [4.78, 5) is 12.6. The molecule has 0 aliphatic heterocycles. The number of rotatable bonds is 8. The van der Waals surface area contributed by atoms with Crippen LogP contribution in [0.25, 0.3) is 0 Å². The molecule has 0 fully saturated rings. The first-order valence-electron chi connectivity index (χ1n) is 8.45. The zero-order valence-corrected chi connectivity index (χ0v) is 16.3. The molecule has 1 atom stereocenters. The van der Waals surface area contributed by atoms with E-state index in [1.165, 1.54) is 0 Å². The molecular formula is C19H38O3. The van der Waals surface area contributed by atoms with E-state index in [0.29, 0.717) is 25.6 Å². The van der Waals surface area contributed by atoms with Crippen LogP contribution in [0.2, 0.25) is 0 Å². The molecule has 0 aliphatic rings. The van der Waals surface area contributed by atoms with Crippen molar-refractivity contribution >= 4 is 5.78 Å². The Morgan fingerprint density at radius 1 is 0.818 bits per heavy atom. The van der Waals surface area contributed by atoms with Gasteiger partial charge in [-0.05, 0) is 17.3 Å². The molecule has 0 aromatic carbocycles. The van der Waals surface area contributed by atoms with Crippen molar-refractivity contribution in [3.05, 3.63) is 0 Å². The maximum atomic E-state index is 12.6. The van der Waals surface area contributed by atoms with Crippen LogP contribution in [0.5, 0.6) is 0 Å². The van der Waals surface area contributed by atoms with Gasteiger partial charge >= 0.3 is 0 Å². The minimum absolute atomic E-state index is 0.0305. The van der Waals surface area contributed by atoms with Gasteiger partial charge in [0, 0.05) is 17.9 Å². The maximum Gasteiger partial charge on any atom is 0.141 e. The summed E-state index contributed by atoms with van der Waals surface area (Å²) < 4.78 is 11.2. The number of carbonyl (C=O) groups is 1. The van der Waals surface area contributed by atoms with Gasteiger partial charge in [-0.15, -0.1) is 0 Å². The van der Waals surface area contributed by atoms with Crippen molar-refractivity contribution in [1.82, 2.24) is 0 Å². The van der Waals surface area contributed by atoms with Gasteiger partial charge in [-0.3, -0.25) is 4.79 Å². The van der Waals surface area contributed by atoms with Gasteiger partial charge in [0.25, 0.3) is 0 Å². The Morgan fingerprint density at radius 2 is 1.32 bits per heavy atom. The molecule has 0 aromatic heterocycles. The Kier molecular flexibility index (Phi) is 8.29. The standard InChI is InChI=1S/C19H38O3/c1-17(2,3)14-22-13-12-21-11-10-15(18(4,5)6)16(20)19(7,8)9/h15H,10-14H2,1-9H3. The third-order valence-corrected chi connectivity index (χ3v) is 3.56. The first kappa shape index (κ1) is 21.6. The van der Waals surface area contributed by atoms with Gasteiger partial charge in [-0.2, -0.15) is 0 Å². The lowest BCUT2D eigenvalue weighted by atomic mass is 9.70. The lowest BCUT2D eigenvalue weighted by molar-refractivity contribution is -0.134. The van der Waals surface area contributed by atoms with Gasteiger partial charge in [-0.1, -0.05) is 62.3 Å². The van der Waals surface area contributed by atoms with Gasteiger partial charge in [0.15, 0.2) is 0 Å². The molecule has 0 amide bonds.